The standard InChI is InChI=1S/C14H14BrNO4S/c1-8-10(5-12(21-8)14(17)19-3)13-11(20-7-18-2)4-9(15)6-16-13/h4-6H,7H2,1-3H3. The Kier molecular flexibility index (Phi) is 5.33. The number of esters is 1. The van der Waals surface area contributed by atoms with E-state index in [1.807, 2.05) is 13.0 Å². The first-order valence-electron chi connectivity index (χ1n) is 6.03. The number of ether oxygens (including phenoxy) is 3. The molecule has 0 aliphatic carbocycles. The van der Waals surface area contributed by atoms with Gasteiger partial charge in [-0.25, -0.2) is 4.79 Å². The van der Waals surface area contributed by atoms with Gasteiger partial charge in [-0.2, -0.15) is 0 Å². The van der Waals surface area contributed by atoms with E-state index in [4.69, 9.17) is 14.2 Å². The van der Waals surface area contributed by atoms with Crippen LogP contribution in [0.3, 0.4) is 0 Å². The number of thiophene rings is 1. The highest BCUT2D eigenvalue weighted by atomic mass is 79.9. The lowest BCUT2D eigenvalue weighted by Crippen LogP contribution is -2.01. The van der Waals surface area contributed by atoms with Gasteiger partial charge in [-0.05, 0) is 35.0 Å². The largest absolute Gasteiger partial charge is 0.465 e. The number of methoxy groups -OCH3 is 2. The highest BCUT2D eigenvalue weighted by Gasteiger charge is 2.18. The lowest BCUT2D eigenvalue weighted by Gasteiger charge is -2.10. The molecule has 0 saturated heterocycles. The van der Waals surface area contributed by atoms with E-state index in [9.17, 15) is 4.79 Å². The van der Waals surface area contributed by atoms with Crippen molar-refractivity contribution in [3.05, 3.63) is 32.6 Å². The normalized spacial score (nSPS) is 10.5. The molecule has 0 N–H and O–H groups in total. The van der Waals surface area contributed by atoms with Gasteiger partial charge in [0, 0.05) is 28.2 Å². The zero-order valence-corrected chi connectivity index (χ0v) is 14.2. The molecule has 0 spiro atoms. The third-order valence-electron chi connectivity index (χ3n) is 2.71. The Balaban J connectivity index is 2.46. The molecule has 0 atom stereocenters. The summed E-state index contributed by atoms with van der Waals surface area (Å²) in [4.78, 5) is 17.5. The second kappa shape index (κ2) is 7.02. The van der Waals surface area contributed by atoms with Crippen LogP contribution < -0.4 is 4.74 Å². The molecule has 7 heteroatoms. The molecular formula is C14H14BrNO4S. The smallest absolute Gasteiger partial charge is 0.348 e. The molecule has 0 fully saturated rings. The van der Waals surface area contributed by atoms with E-state index < -0.39 is 0 Å². The fourth-order valence-corrected chi connectivity index (χ4v) is 3.02. The van der Waals surface area contributed by atoms with Gasteiger partial charge in [-0.1, -0.05) is 0 Å². The van der Waals surface area contributed by atoms with Gasteiger partial charge in [0.05, 0.1) is 7.11 Å². The molecule has 112 valence electrons. The topological polar surface area (TPSA) is 57.7 Å². The average molecular weight is 372 g/mol. The average Bonchev–Trinajstić information content (AvgIpc) is 2.86. The van der Waals surface area contributed by atoms with Crippen molar-refractivity contribution in [1.82, 2.24) is 4.98 Å². The summed E-state index contributed by atoms with van der Waals surface area (Å²) in [6.45, 7) is 2.05. The fraction of sp³-hybridized carbons (Fsp3) is 0.286. The molecule has 0 amide bonds. The molecule has 2 aromatic heterocycles. The van der Waals surface area contributed by atoms with Gasteiger partial charge in [0.25, 0.3) is 0 Å². The van der Waals surface area contributed by atoms with E-state index >= 15 is 0 Å². The second-order valence-corrected chi connectivity index (χ2v) is 6.30. The number of hydrogen-bond donors (Lipinski definition) is 0. The summed E-state index contributed by atoms with van der Waals surface area (Å²) in [5.41, 5.74) is 1.51. The second-order valence-electron chi connectivity index (χ2n) is 4.12. The van der Waals surface area contributed by atoms with E-state index in [1.54, 1.807) is 19.4 Å². The number of aryl methyl sites for hydroxylation is 1. The van der Waals surface area contributed by atoms with Gasteiger partial charge in [0.15, 0.2) is 6.79 Å². The number of rotatable bonds is 5. The molecule has 2 rings (SSSR count). The van der Waals surface area contributed by atoms with Crippen LogP contribution in [-0.4, -0.2) is 32.0 Å². The molecule has 21 heavy (non-hydrogen) atoms. The first kappa shape index (κ1) is 15.9. The summed E-state index contributed by atoms with van der Waals surface area (Å²) in [6.07, 6.45) is 1.68. The van der Waals surface area contributed by atoms with E-state index in [1.165, 1.54) is 18.4 Å². The lowest BCUT2D eigenvalue weighted by atomic mass is 10.1. The van der Waals surface area contributed by atoms with Crippen molar-refractivity contribution < 1.29 is 19.0 Å². The van der Waals surface area contributed by atoms with Crippen LogP contribution in [0.5, 0.6) is 5.75 Å². The van der Waals surface area contributed by atoms with Crippen LogP contribution in [0.15, 0.2) is 22.8 Å². The lowest BCUT2D eigenvalue weighted by molar-refractivity contribution is 0.0512. The maximum absolute atomic E-state index is 11.6. The van der Waals surface area contributed by atoms with Crippen LogP contribution in [-0.2, 0) is 9.47 Å². The van der Waals surface area contributed by atoms with Crippen molar-refractivity contribution in [3.63, 3.8) is 0 Å². The summed E-state index contributed by atoms with van der Waals surface area (Å²) >= 11 is 4.73. The van der Waals surface area contributed by atoms with E-state index in [2.05, 4.69) is 20.9 Å². The molecule has 0 bridgehead atoms. The minimum absolute atomic E-state index is 0.123. The van der Waals surface area contributed by atoms with Crippen LogP contribution in [0.2, 0.25) is 0 Å². The Morgan fingerprint density at radius 1 is 1.38 bits per heavy atom. The van der Waals surface area contributed by atoms with E-state index in [-0.39, 0.29) is 12.8 Å². The zero-order chi connectivity index (χ0) is 15.4. The number of nitrogens with zero attached hydrogens (tertiary/aromatic N) is 1. The van der Waals surface area contributed by atoms with E-state index in [0.717, 1.165) is 14.9 Å². The number of carbonyl (C=O) groups excluding carboxylic acids is 1. The molecule has 5 nitrogen and oxygen atoms in total. The summed E-state index contributed by atoms with van der Waals surface area (Å²) in [5, 5.41) is 0. The maximum atomic E-state index is 11.6. The third kappa shape index (κ3) is 3.61. The number of pyridine rings is 1. The van der Waals surface area contributed by atoms with Gasteiger partial charge in [0.1, 0.15) is 16.3 Å². The maximum Gasteiger partial charge on any atom is 0.348 e. The molecule has 0 aliphatic rings. The number of halogens is 1. The minimum Gasteiger partial charge on any atom is -0.465 e. The Labute approximate surface area is 135 Å². The number of hydrogen-bond acceptors (Lipinski definition) is 6. The van der Waals surface area contributed by atoms with Crippen LogP contribution in [0, 0.1) is 6.92 Å². The Bertz CT molecular complexity index is 656. The third-order valence-corrected chi connectivity index (χ3v) is 4.18. The van der Waals surface area contributed by atoms with Crippen molar-refractivity contribution in [2.45, 2.75) is 6.92 Å². The van der Waals surface area contributed by atoms with Crippen molar-refractivity contribution >= 4 is 33.2 Å². The zero-order valence-electron chi connectivity index (χ0n) is 11.8. The van der Waals surface area contributed by atoms with Crippen molar-refractivity contribution in [2.24, 2.45) is 0 Å². The Morgan fingerprint density at radius 3 is 2.81 bits per heavy atom. The number of carbonyl (C=O) groups is 1. The van der Waals surface area contributed by atoms with Gasteiger partial charge >= 0.3 is 5.97 Å². The minimum atomic E-state index is -0.356. The monoisotopic (exact) mass is 371 g/mol. The predicted octanol–water partition coefficient (Wildman–Crippen LogP) is 3.65. The molecule has 0 radical (unpaired) electrons. The molecule has 0 unspecified atom stereocenters. The quantitative estimate of drug-likeness (QED) is 0.592. The van der Waals surface area contributed by atoms with Crippen molar-refractivity contribution in [1.29, 1.82) is 0 Å². The molecule has 2 aromatic rings. The van der Waals surface area contributed by atoms with Crippen molar-refractivity contribution in [2.75, 3.05) is 21.0 Å². The molecule has 0 aliphatic heterocycles. The highest BCUT2D eigenvalue weighted by Crippen LogP contribution is 2.36. The van der Waals surface area contributed by atoms with Gasteiger partial charge in [-0.3, -0.25) is 4.98 Å². The van der Waals surface area contributed by atoms with E-state index in [0.29, 0.717) is 16.3 Å². The summed E-state index contributed by atoms with van der Waals surface area (Å²) < 4.78 is 16.0. The number of aromatic nitrogens is 1. The summed E-state index contributed by atoms with van der Waals surface area (Å²) in [7, 11) is 2.92. The first-order chi connectivity index (χ1) is 10.1. The first-order valence-corrected chi connectivity index (χ1v) is 7.64. The van der Waals surface area contributed by atoms with Gasteiger partial charge in [0.2, 0.25) is 0 Å². The van der Waals surface area contributed by atoms with Crippen LogP contribution in [0.1, 0.15) is 14.5 Å². The SMILES string of the molecule is COCOc1cc(Br)cnc1-c1cc(C(=O)OC)sc1C. The summed E-state index contributed by atoms with van der Waals surface area (Å²) in [5.74, 6) is 0.231. The van der Waals surface area contributed by atoms with Crippen LogP contribution in [0.25, 0.3) is 11.3 Å². The van der Waals surface area contributed by atoms with Gasteiger partial charge in [-0.15, -0.1) is 11.3 Å². The molecule has 0 aromatic carbocycles. The Morgan fingerprint density at radius 2 is 2.14 bits per heavy atom. The van der Waals surface area contributed by atoms with Gasteiger partial charge < -0.3 is 14.2 Å². The summed E-state index contributed by atoms with van der Waals surface area (Å²) in [6, 6.07) is 3.58. The van der Waals surface area contributed by atoms with Crippen LogP contribution >= 0.6 is 27.3 Å². The fourth-order valence-electron chi connectivity index (χ4n) is 1.77. The van der Waals surface area contributed by atoms with Crippen molar-refractivity contribution in [3.8, 4) is 17.0 Å². The Hall–Kier alpha value is -1.44. The molecule has 2 heterocycles. The predicted molar refractivity (Wildman–Crippen MR) is 83.8 cm³/mol. The highest BCUT2D eigenvalue weighted by molar-refractivity contribution is 9.10. The van der Waals surface area contributed by atoms with Crippen LogP contribution in [0.4, 0.5) is 0 Å². The molecule has 0 saturated carbocycles. The molecular weight excluding hydrogens is 358 g/mol.